The zero-order valence-electron chi connectivity index (χ0n) is 41.0. The van der Waals surface area contributed by atoms with E-state index >= 15 is 0 Å². The van der Waals surface area contributed by atoms with E-state index in [0.717, 1.165) is 51.7 Å². The SMILES string of the molecule is C=C(N)CO.CC.CCCCCCCCC(CCCCCCCC)CCCCCCCN(CCCN)CCCCCCCC=O.CCCCCCCCCOC.CO. The lowest BCUT2D eigenvalue weighted by Gasteiger charge is -2.22. The molecule has 0 saturated carbocycles. The monoisotopic (exact) mass is 830 g/mol. The van der Waals surface area contributed by atoms with Crippen molar-refractivity contribution in [2.75, 3.05) is 53.6 Å². The van der Waals surface area contributed by atoms with E-state index in [1.54, 1.807) is 7.11 Å². The molecular weight excluding hydrogens is 719 g/mol. The normalized spacial score (nSPS) is 10.5. The molecule has 0 aliphatic carbocycles. The van der Waals surface area contributed by atoms with Crippen molar-refractivity contribution in [3.05, 3.63) is 12.3 Å². The molecule has 58 heavy (non-hydrogen) atoms. The molecule has 0 bridgehead atoms. The average molecular weight is 830 g/mol. The number of aliphatic hydroxyl groups excluding tert-OH is 2. The van der Waals surface area contributed by atoms with Gasteiger partial charge in [-0.05, 0) is 64.2 Å². The highest BCUT2D eigenvalue weighted by Gasteiger charge is 2.09. The Balaban J connectivity index is -0.000000384. The third kappa shape index (κ3) is 69.6. The van der Waals surface area contributed by atoms with Crippen LogP contribution in [0.4, 0.5) is 0 Å². The largest absolute Gasteiger partial charge is 0.401 e. The van der Waals surface area contributed by atoms with Crippen molar-refractivity contribution in [1.82, 2.24) is 4.90 Å². The van der Waals surface area contributed by atoms with Crippen LogP contribution < -0.4 is 11.5 Å². The van der Waals surface area contributed by atoms with E-state index in [2.05, 4.69) is 32.3 Å². The standard InChI is InChI=1S/C35H72N2O.C10H22O.C3H7NO.C2H6.CH4O/c1-3-5-7-9-14-20-27-35(28-21-15-10-8-6-4-2)29-22-16-13-18-24-32-37(33-26-30-36)31-23-17-11-12-19-25-34-38;1-3-4-5-6-7-8-9-10-11-2;1-3(4)2-5;2*1-2/h34-35H,3-33,36H2,1-2H3;3-10H2,1-2H3;5H,1-2,4H2;1-2H3;2H,1H3. The van der Waals surface area contributed by atoms with E-state index in [1.807, 2.05) is 13.8 Å². The number of rotatable bonds is 42. The van der Waals surface area contributed by atoms with E-state index in [-0.39, 0.29) is 6.61 Å². The molecule has 0 radical (unpaired) electrons. The zero-order valence-corrected chi connectivity index (χ0v) is 41.0. The number of ether oxygens (including phenoxy) is 1. The Bertz CT molecular complexity index is 658. The molecule has 0 amide bonds. The minimum absolute atomic E-state index is 0.111. The maximum absolute atomic E-state index is 10.4. The van der Waals surface area contributed by atoms with Crippen LogP contribution in [-0.2, 0) is 9.53 Å². The van der Waals surface area contributed by atoms with Crippen molar-refractivity contribution in [2.24, 2.45) is 17.4 Å². The molecule has 0 fully saturated rings. The molecule has 0 atom stereocenters. The minimum Gasteiger partial charge on any atom is -0.401 e. The highest BCUT2D eigenvalue weighted by molar-refractivity contribution is 5.48. The molecule has 0 aromatic rings. The van der Waals surface area contributed by atoms with Gasteiger partial charge in [-0.25, -0.2) is 0 Å². The van der Waals surface area contributed by atoms with Crippen LogP contribution in [0.1, 0.15) is 253 Å². The molecule has 0 aromatic heterocycles. The van der Waals surface area contributed by atoms with Crippen LogP contribution in [0.25, 0.3) is 0 Å². The zero-order chi connectivity index (χ0) is 44.4. The van der Waals surface area contributed by atoms with Crippen LogP contribution >= 0.6 is 0 Å². The first kappa shape index (κ1) is 66.1. The van der Waals surface area contributed by atoms with E-state index < -0.39 is 0 Å². The van der Waals surface area contributed by atoms with Crippen LogP contribution in [0.3, 0.4) is 0 Å². The van der Waals surface area contributed by atoms with Gasteiger partial charge < -0.3 is 36.1 Å². The lowest BCUT2D eigenvalue weighted by atomic mass is 9.89. The first-order valence-electron chi connectivity index (χ1n) is 25.3. The summed E-state index contributed by atoms with van der Waals surface area (Å²) in [6.07, 6.45) is 47.4. The highest BCUT2D eigenvalue weighted by atomic mass is 16.5. The predicted molar refractivity (Wildman–Crippen MR) is 261 cm³/mol. The summed E-state index contributed by atoms with van der Waals surface area (Å²) in [4.78, 5) is 13.1. The molecule has 0 heterocycles. The number of hydrogen-bond donors (Lipinski definition) is 4. The molecule has 6 N–H and O–H groups in total. The average Bonchev–Trinajstić information content (AvgIpc) is 3.25. The van der Waals surface area contributed by atoms with Crippen molar-refractivity contribution >= 4 is 6.29 Å². The Labute approximate surface area is 366 Å². The molecule has 0 rings (SSSR count). The van der Waals surface area contributed by atoms with E-state index in [4.69, 9.17) is 26.4 Å². The summed E-state index contributed by atoms with van der Waals surface area (Å²) in [6.45, 7) is 19.4. The molecule has 0 aromatic carbocycles. The van der Waals surface area contributed by atoms with Crippen LogP contribution in [0.15, 0.2) is 12.3 Å². The van der Waals surface area contributed by atoms with Crippen molar-refractivity contribution < 1.29 is 19.7 Å². The first-order valence-corrected chi connectivity index (χ1v) is 25.3. The summed E-state index contributed by atoms with van der Waals surface area (Å²) in [5, 5.41) is 14.9. The van der Waals surface area contributed by atoms with Gasteiger partial charge in [0.05, 0.1) is 6.61 Å². The lowest BCUT2D eigenvalue weighted by molar-refractivity contribution is -0.107. The molecule has 0 aliphatic rings. The summed E-state index contributed by atoms with van der Waals surface area (Å²) in [7, 11) is 2.77. The van der Waals surface area contributed by atoms with Gasteiger partial charge in [-0.3, -0.25) is 0 Å². The minimum atomic E-state index is -0.111. The van der Waals surface area contributed by atoms with Crippen LogP contribution in [0.2, 0.25) is 0 Å². The molecule has 354 valence electrons. The number of carbonyl (C=O) groups is 1. The summed E-state index contributed by atoms with van der Waals surface area (Å²) < 4.78 is 4.97. The van der Waals surface area contributed by atoms with Gasteiger partial charge in [0.25, 0.3) is 0 Å². The molecule has 0 unspecified atom stereocenters. The van der Waals surface area contributed by atoms with Gasteiger partial charge in [0, 0.05) is 32.9 Å². The number of aliphatic hydroxyl groups is 2. The summed E-state index contributed by atoms with van der Waals surface area (Å²) >= 11 is 0. The van der Waals surface area contributed by atoms with Gasteiger partial charge in [-0.1, -0.05) is 221 Å². The number of nitrogens with two attached hydrogens (primary N) is 2. The molecule has 7 heteroatoms. The number of methoxy groups -OCH3 is 1. The predicted octanol–water partition coefficient (Wildman–Crippen LogP) is 14.1. The molecule has 7 nitrogen and oxygen atoms in total. The fourth-order valence-corrected chi connectivity index (χ4v) is 7.11. The number of carbonyl (C=O) groups excluding carboxylic acids is 1. The van der Waals surface area contributed by atoms with E-state index in [1.165, 1.54) is 219 Å². The smallest absolute Gasteiger partial charge is 0.119 e. The molecule has 0 spiro atoms. The number of hydrogen-bond acceptors (Lipinski definition) is 7. The first-order chi connectivity index (χ1) is 28.5. The second-order valence-corrected chi connectivity index (χ2v) is 16.2. The third-order valence-electron chi connectivity index (χ3n) is 10.6. The van der Waals surface area contributed by atoms with Gasteiger partial charge in [0.1, 0.15) is 6.29 Å². The topological polar surface area (TPSA) is 122 Å². The molecule has 0 aliphatic heterocycles. The maximum Gasteiger partial charge on any atom is 0.119 e. The van der Waals surface area contributed by atoms with Crippen molar-refractivity contribution in [3.63, 3.8) is 0 Å². The highest BCUT2D eigenvalue weighted by Crippen LogP contribution is 2.25. The van der Waals surface area contributed by atoms with E-state index in [9.17, 15) is 4.79 Å². The van der Waals surface area contributed by atoms with E-state index in [0.29, 0.717) is 5.70 Å². The van der Waals surface area contributed by atoms with Gasteiger partial charge in [-0.15, -0.1) is 0 Å². The third-order valence-corrected chi connectivity index (χ3v) is 10.6. The van der Waals surface area contributed by atoms with Crippen molar-refractivity contribution in [3.8, 4) is 0 Å². The van der Waals surface area contributed by atoms with Gasteiger partial charge in [-0.2, -0.15) is 0 Å². The summed E-state index contributed by atoms with van der Waals surface area (Å²) in [6, 6.07) is 0. The van der Waals surface area contributed by atoms with Crippen molar-refractivity contribution in [2.45, 2.75) is 253 Å². The van der Waals surface area contributed by atoms with Gasteiger partial charge in [0.15, 0.2) is 0 Å². The maximum atomic E-state index is 10.4. The second kappa shape index (κ2) is 67.8. The molecule has 0 saturated heterocycles. The Morgan fingerprint density at radius 2 is 0.879 bits per heavy atom. The summed E-state index contributed by atoms with van der Waals surface area (Å²) in [5.74, 6) is 0.998. The Kier molecular flexibility index (Phi) is 77.3. The van der Waals surface area contributed by atoms with Crippen LogP contribution in [-0.4, -0.2) is 75.0 Å². The van der Waals surface area contributed by atoms with Crippen LogP contribution in [0, 0.1) is 5.92 Å². The Morgan fingerprint density at radius 1 is 0.569 bits per heavy atom. The lowest BCUT2D eigenvalue weighted by Crippen LogP contribution is -2.28. The number of aldehydes is 1. The quantitative estimate of drug-likeness (QED) is 0.0357. The fraction of sp³-hybridized carbons (Fsp3) is 0.941. The fourth-order valence-electron chi connectivity index (χ4n) is 7.11. The Hall–Kier alpha value is -0.990. The van der Waals surface area contributed by atoms with Gasteiger partial charge in [0.2, 0.25) is 0 Å². The number of nitrogens with zero attached hydrogens (tertiary/aromatic N) is 1. The molecular formula is C51H111N3O4. The second-order valence-electron chi connectivity index (χ2n) is 16.2. The Morgan fingerprint density at radius 3 is 1.21 bits per heavy atom. The van der Waals surface area contributed by atoms with Crippen molar-refractivity contribution in [1.29, 1.82) is 0 Å². The summed E-state index contributed by atoms with van der Waals surface area (Å²) in [5.41, 5.74) is 11.0. The van der Waals surface area contributed by atoms with Crippen LogP contribution in [0.5, 0.6) is 0 Å². The van der Waals surface area contributed by atoms with Gasteiger partial charge >= 0.3 is 0 Å². The number of unbranched alkanes of at least 4 members (excludes halogenated alkanes) is 25.